The number of aromatic nitrogens is 1. The Hall–Kier alpha value is -2.28. The highest BCUT2D eigenvalue weighted by Gasteiger charge is 2.09. The van der Waals surface area contributed by atoms with Gasteiger partial charge in [0.15, 0.2) is 0 Å². The highest BCUT2D eigenvalue weighted by Crippen LogP contribution is 2.16. The van der Waals surface area contributed by atoms with Crippen LogP contribution in [0.5, 0.6) is 0 Å². The molecule has 6 nitrogen and oxygen atoms in total. The maximum Gasteiger partial charge on any atom is 0.272 e. The molecular weight excluding hydrogens is 253 g/mol. The van der Waals surface area contributed by atoms with Crippen molar-refractivity contribution < 1.29 is 13.7 Å². The van der Waals surface area contributed by atoms with E-state index in [9.17, 15) is 14.5 Å². The van der Waals surface area contributed by atoms with Crippen LogP contribution in [0.3, 0.4) is 0 Å². The van der Waals surface area contributed by atoms with Crippen LogP contribution < -0.4 is 5.32 Å². The Kier molecular flexibility index (Phi) is 3.86. The summed E-state index contributed by atoms with van der Waals surface area (Å²) in [6, 6.07) is 3.47. The van der Waals surface area contributed by atoms with Crippen LogP contribution in [0.15, 0.2) is 28.8 Å². The number of halogens is 1. The van der Waals surface area contributed by atoms with Crippen LogP contribution in [0.1, 0.15) is 17.2 Å². The summed E-state index contributed by atoms with van der Waals surface area (Å²) in [7, 11) is 0. The van der Waals surface area contributed by atoms with E-state index in [0.717, 1.165) is 6.07 Å². The van der Waals surface area contributed by atoms with Crippen LogP contribution in [-0.2, 0) is 13.1 Å². The Balaban J connectivity index is 1.97. The predicted octanol–water partition coefficient (Wildman–Crippen LogP) is 2.32. The van der Waals surface area contributed by atoms with Crippen molar-refractivity contribution >= 4 is 5.69 Å². The number of rotatable bonds is 5. The molecule has 0 aliphatic carbocycles. The van der Waals surface area contributed by atoms with Crippen molar-refractivity contribution in [1.82, 2.24) is 10.3 Å². The number of nitrogens with zero attached hydrogens (tertiary/aromatic N) is 2. The monoisotopic (exact) mass is 265 g/mol. The van der Waals surface area contributed by atoms with Crippen LogP contribution in [0.2, 0.25) is 0 Å². The van der Waals surface area contributed by atoms with Crippen molar-refractivity contribution in [2.45, 2.75) is 20.0 Å². The minimum absolute atomic E-state index is 0.260. The second kappa shape index (κ2) is 5.57. The molecule has 0 aliphatic heterocycles. The first-order chi connectivity index (χ1) is 9.04. The number of nitro benzene ring substituents is 1. The van der Waals surface area contributed by atoms with Crippen molar-refractivity contribution in [3.63, 3.8) is 0 Å². The standard InChI is InChI=1S/C12H12FN3O3/c1-8-5-15-12(19-8)7-14-6-9-2-10(13)4-11(3-9)16(17)18/h2-5,14H,6-7H2,1H3. The molecule has 0 spiro atoms. The van der Waals surface area contributed by atoms with Gasteiger partial charge in [0.1, 0.15) is 11.6 Å². The molecule has 0 saturated carbocycles. The van der Waals surface area contributed by atoms with Gasteiger partial charge in [-0.25, -0.2) is 9.37 Å². The van der Waals surface area contributed by atoms with E-state index in [1.807, 2.05) is 0 Å². The normalized spacial score (nSPS) is 10.6. The highest BCUT2D eigenvalue weighted by molar-refractivity contribution is 5.35. The lowest BCUT2D eigenvalue weighted by Gasteiger charge is -2.03. The fraction of sp³-hybridized carbons (Fsp3) is 0.250. The molecular formula is C12H12FN3O3. The lowest BCUT2D eigenvalue weighted by atomic mass is 10.2. The SMILES string of the molecule is Cc1cnc(CNCc2cc(F)cc([N+](=O)[O-])c2)o1. The quantitative estimate of drug-likeness (QED) is 0.662. The Labute approximate surface area is 108 Å². The summed E-state index contributed by atoms with van der Waals surface area (Å²) in [5.41, 5.74) is 0.235. The van der Waals surface area contributed by atoms with Gasteiger partial charge in [-0.1, -0.05) is 0 Å². The molecule has 2 rings (SSSR count). The number of benzene rings is 1. The molecule has 0 aliphatic rings. The minimum atomic E-state index is -0.627. The van der Waals surface area contributed by atoms with Crippen molar-refractivity contribution in [1.29, 1.82) is 0 Å². The number of oxazole rings is 1. The van der Waals surface area contributed by atoms with Gasteiger partial charge >= 0.3 is 0 Å². The van der Waals surface area contributed by atoms with Gasteiger partial charge in [-0.15, -0.1) is 0 Å². The van der Waals surface area contributed by atoms with Gasteiger partial charge in [-0.05, 0) is 18.6 Å². The highest BCUT2D eigenvalue weighted by atomic mass is 19.1. The second-order valence-corrected chi connectivity index (χ2v) is 4.04. The van der Waals surface area contributed by atoms with E-state index in [2.05, 4.69) is 10.3 Å². The molecule has 1 N–H and O–H groups in total. The lowest BCUT2D eigenvalue weighted by Crippen LogP contribution is -2.13. The van der Waals surface area contributed by atoms with Crippen molar-refractivity contribution in [3.8, 4) is 0 Å². The summed E-state index contributed by atoms with van der Waals surface area (Å²) < 4.78 is 18.4. The fourth-order valence-electron chi connectivity index (χ4n) is 1.64. The summed E-state index contributed by atoms with van der Waals surface area (Å²) in [4.78, 5) is 14.0. The first kappa shape index (κ1) is 13.2. The van der Waals surface area contributed by atoms with E-state index in [1.165, 1.54) is 12.1 Å². The molecule has 7 heteroatoms. The lowest BCUT2D eigenvalue weighted by molar-refractivity contribution is -0.385. The first-order valence-corrected chi connectivity index (χ1v) is 5.60. The average molecular weight is 265 g/mol. The van der Waals surface area contributed by atoms with Gasteiger partial charge in [-0.2, -0.15) is 0 Å². The number of non-ortho nitro benzene ring substituents is 1. The van der Waals surface area contributed by atoms with E-state index in [-0.39, 0.29) is 5.69 Å². The van der Waals surface area contributed by atoms with Gasteiger partial charge in [0.25, 0.3) is 5.69 Å². The molecule has 0 saturated heterocycles. The average Bonchev–Trinajstić information content (AvgIpc) is 2.74. The van der Waals surface area contributed by atoms with Crippen LogP contribution in [-0.4, -0.2) is 9.91 Å². The van der Waals surface area contributed by atoms with Gasteiger partial charge in [0, 0.05) is 12.6 Å². The van der Waals surface area contributed by atoms with Crippen molar-refractivity contribution in [2.24, 2.45) is 0 Å². The first-order valence-electron chi connectivity index (χ1n) is 5.60. The third-order valence-corrected chi connectivity index (χ3v) is 2.43. The number of aryl methyl sites for hydroxylation is 1. The predicted molar refractivity (Wildman–Crippen MR) is 64.8 cm³/mol. The maximum absolute atomic E-state index is 13.2. The van der Waals surface area contributed by atoms with Crippen LogP contribution in [0.25, 0.3) is 0 Å². The van der Waals surface area contributed by atoms with Crippen LogP contribution in [0.4, 0.5) is 10.1 Å². The summed E-state index contributed by atoms with van der Waals surface area (Å²) in [6.45, 7) is 2.45. The number of nitro groups is 1. The van der Waals surface area contributed by atoms with Crippen molar-refractivity contribution in [3.05, 3.63) is 57.5 Å². The third kappa shape index (κ3) is 3.59. The van der Waals surface area contributed by atoms with Crippen LogP contribution >= 0.6 is 0 Å². The smallest absolute Gasteiger partial charge is 0.272 e. The molecule has 0 fully saturated rings. The zero-order chi connectivity index (χ0) is 13.8. The van der Waals surface area contributed by atoms with E-state index in [0.29, 0.717) is 30.3 Å². The van der Waals surface area contributed by atoms with E-state index < -0.39 is 10.7 Å². The zero-order valence-corrected chi connectivity index (χ0v) is 10.2. The topological polar surface area (TPSA) is 81.2 Å². The third-order valence-electron chi connectivity index (χ3n) is 2.43. The Morgan fingerprint density at radius 2 is 2.21 bits per heavy atom. The van der Waals surface area contributed by atoms with Gasteiger partial charge in [0.05, 0.1) is 23.7 Å². The Morgan fingerprint density at radius 3 is 2.84 bits per heavy atom. The number of nitrogens with one attached hydrogen (secondary N) is 1. The summed E-state index contributed by atoms with van der Waals surface area (Å²) >= 11 is 0. The van der Waals surface area contributed by atoms with Crippen molar-refractivity contribution in [2.75, 3.05) is 0 Å². The molecule has 1 heterocycles. The molecule has 1 aromatic heterocycles. The molecule has 1 aromatic carbocycles. The minimum Gasteiger partial charge on any atom is -0.445 e. The molecule has 0 bridgehead atoms. The second-order valence-electron chi connectivity index (χ2n) is 4.04. The molecule has 100 valence electrons. The summed E-state index contributed by atoms with van der Waals surface area (Å²) in [5.74, 6) is 0.597. The largest absolute Gasteiger partial charge is 0.445 e. The zero-order valence-electron chi connectivity index (χ0n) is 10.2. The van der Waals surface area contributed by atoms with E-state index in [1.54, 1.807) is 13.1 Å². The van der Waals surface area contributed by atoms with Crippen LogP contribution in [0, 0.1) is 22.9 Å². The molecule has 0 radical (unpaired) electrons. The van der Waals surface area contributed by atoms with Gasteiger partial charge in [-0.3, -0.25) is 10.1 Å². The number of hydrogen-bond donors (Lipinski definition) is 1. The van der Waals surface area contributed by atoms with E-state index >= 15 is 0 Å². The summed E-state index contributed by atoms with van der Waals surface area (Å²) in [6.07, 6.45) is 1.60. The Morgan fingerprint density at radius 1 is 1.42 bits per heavy atom. The number of hydrogen-bond acceptors (Lipinski definition) is 5. The maximum atomic E-state index is 13.2. The molecule has 0 unspecified atom stereocenters. The molecule has 19 heavy (non-hydrogen) atoms. The summed E-state index contributed by atoms with van der Waals surface area (Å²) in [5, 5.41) is 13.6. The van der Waals surface area contributed by atoms with Gasteiger partial charge in [0.2, 0.25) is 5.89 Å². The fourth-order valence-corrected chi connectivity index (χ4v) is 1.64. The Bertz CT molecular complexity index is 598. The molecule has 0 amide bonds. The van der Waals surface area contributed by atoms with Gasteiger partial charge < -0.3 is 9.73 Å². The van der Waals surface area contributed by atoms with E-state index in [4.69, 9.17) is 4.42 Å². The molecule has 2 aromatic rings. The molecule has 0 atom stereocenters.